The monoisotopic (exact) mass is 636 g/mol. The molecule has 0 radical (unpaired) electrons. The summed E-state index contributed by atoms with van der Waals surface area (Å²) in [6.07, 6.45) is 4.94. The van der Waals surface area contributed by atoms with Crippen molar-refractivity contribution in [3.63, 3.8) is 0 Å². The van der Waals surface area contributed by atoms with Crippen LogP contribution in [0.4, 0.5) is 18.9 Å². The molecule has 0 spiro atoms. The molecule has 45 heavy (non-hydrogen) atoms. The average molecular weight is 637 g/mol. The largest absolute Gasteiger partial charge is 0.340 e. The van der Waals surface area contributed by atoms with Gasteiger partial charge in [-0.05, 0) is 128 Å². The molecule has 4 rings (SSSR count). The highest BCUT2D eigenvalue weighted by Gasteiger charge is 2.32. The first kappa shape index (κ1) is 35.2. The molecule has 0 bridgehead atoms. The summed E-state index contributed by atoms with van der Waals surface area (Å²) in [4.78, 5) is 1.96. The molecule has 3 aromatic rings. The van der Waals surface area contributed by atoms with Crippen LogP contribution in [0.2, 0.25) is 0 Å². The Balaban J connectivity index is 1.75. The van der Waals surface area contributed by atoms with Crippen LogP contribution in [0, 0.1) is 51.1 Å². The Kier molecular flexibility index (Phi) is 11.2. The highest BCUT2D eigenvalue weighted by Crippen LogP contribution is 2.40. The van der Waals surface area contributed by atoms with Crippen molar-refractivity contribution in [1.29, 1.82) is 0 Å². The first-order chi connectivity index (χ1) is 21.1. The SMILES string of the molecule is C=C(CN(Sc1c(F)c(C)c(C)c(F)c1F)C1CCC(C)C1)N(Cc1cc(CCC)cc(C(C)(C)C)c1)c1ccc(C)c(C)c1. The van der Waals surface area contributed by atoms with Gasteiger partial charge in [-0.25, -0.2) is 17.5 Å². The second-order valence-electron chi connectivity index (χ2n) is 14.2. The number of nitrogens with zero attached hydrogens (tertiary/aromatic N) is 2. The third-order valence-electron chi connectivity index (χ3n) is 9.42. The van der Waals surface area contributed by atoms with Crippen LogP contribution in [0.15, 0.2) is 53.6 Å². The van der Waals surface area contributed by atoms with E-state index in [1.807, 2.05) is 4.31 Å². The van der Waals surface area contributed by atoms with Crippen LogP contribution in [0.3, 0.4) is 0 Å². The molecule has 0 N–H and O–H groups in total. The van der Waals surface area contributed by atoms with Crippen LogP contribution in [-0.4, -0.2) is 16.9 Å². The van der Waals surface area contributed by atoms with Gasteiger partial charge in [0.15, 0.2) is 11.6 Å². The molecule has 2 nitrogen and oxygen atoms in total. The predicted octanol–water partition coefficient (Wildman–Crippen LogP) is 11.3. The predicted molar refractivity (Wildman–Crippen MR) is 186 cm³/mol. The highest BCUT2D eigenvalue weighted by molar-refractivity contribution is 7.97. The highest BCUT2D eigenvalue weighted by atomic mass is 32.2. The van der Waals surface area contributed by atoms with E-state index in [9.17, 15) is 4.39 Å². The second-order valence-corrected chi connectivity index (χ2v) is 15.3. The molecule has 0 heterocycles. The molecule has 0 aromatic heterocycles. The number of rotatable bonds is 11. The van der Waals surface area contributed by atoms with Crippen LogP contribution in [-0.2, 0) is 18.4 Å². The lowest BCUT2D eigenvalue weighted by Gasteiger charge is -2.34. The fourth-order valence-corrected chi connectivity index (χ4v) is 7.37. The molecule has 2 unspecified atom stereocenters. The number of halogens is 3. The molecule has 1 aliphatic carbocycles. The summed E-state index contributed by atoms with van der Waals surface area (Å²) >= 11 is 1.00. The normalized spacial score (nSPS) is 16.9. The van der Waals surface area contributed by atoms with E-state index >= 15 is 8.78 Å². The van der Waals surface area contributed by atoms with Crippen molar-refractivity contribution in [2.75, 3.05) is 11.4 Å². The summed E-state index contributed by atoms with van der Waals surface area (Å²) in [6, 6.07) is 13.5. The van der Waals surface area contributed by atoms with Gasteiger partial charge in [-0.1, -0.05) is 71.9 Å². The Morgan fingerprint density at radius 1 is 0.889 bits per heavy atom. The second kappa shape index (κ2) is 14.4. The van der Waals surface area contributed by atoms with Gasteiger partial charge in [0.05, 0.1) is 4.90 Å². The van der Waals surface area contributed by atoms with Gasteiger partial charge in [-0.3, -0.25) is 0 Å². The summed E-state index contributed by atoms with van der Waals surface area (Å²) in [5, 5.41) is 0. The number of anilines is 1. The van der Waals surface area contributed by atoms with Crippen molar-refractivity contribution in [2.24, 2.45) is 5.92 Å². The molecule has 3 aromatic carbocycles. The first-order valence-electron chi connectivity index (χ1n) is 16.3. The van der Waals surface area contributed by atoms with Crippen LogP contribution in [0.5, 0.6) is 0 Å². The summed E-state index contributed by atoms with van der Waals surface area (Å²) in [6.45, 7) is 23.9. The molecule has 1 aliphatic rings. The summed E-state index contributed by atoms with van der Waals surface area (Å²) in [5.74, 6) is -2.28. The van der Waals surface area contributed by atoms with Crippen LogP contribution >= 0.6 is 11.9 Å². The van der Waals surface area contributed by atoms with Crippen molar-refractivity contribution in [1.82, 2.24) is 4.31 Å². The van der Waals surface area contributed by atoms with Gasteiger partial charge in [0.2, 0.25) is 0 Å². The van der Waals surface area contributed by atoms with Crippen molar-refractivity contribution < 1.29 is 13.2 Å². The molecule has 6 heteroatoms. The Labute approximate surface area is 274 Å². The number of hydrogen-bond donors (Lipinski definition) is 0. The maximum Gasteiger partial charge on any atom is 0.176 e. The minimum Gasteiger partial charge on any atom is -0.340 e. The lowest BCUT2D eigenvalue weighted by Crippen LogP contribution is -2.34. The van der Waals surface area contributed by atoms with Gasteiger partial charge in [0.1, 0.15) is 5.82 Å². The van der Waals surface area contributed by atoms with E-state index in [2.05, 4.69) is 96.3 Å². The Morgan fingerprint density at radius 3 is 2.16 bits per heavy atom. The van der Waals surface area contributed by atoms with E-state index in [0.717, 1.165) is 55.4 Å². The van der Waals surface area contributed by atoms with Crippen LogP contribution in [0.25, 0.3) is 0 Å². The molecule has 0 saturated heterocycles. The maximum atomic E-state index is 15.5. The molecule has 0 amide bonds. The van der Waals surface area contributed by atoms with Crippen molar-refractivity contribution in [3.8, 4) is 0 Å². The standard InChI is InChI=1S/C39H51F3N2S/c1-11-12-30-19-31(21-32(20-30)39(8,9)10)23-43(33-16-14-25(3)26(4)18-33)27(5)22-44(34-15-13-24(2)17-34)45-38-36(41)29(7)28(6)35(40)37(38)42/h14,16,18-21,24,34H,5,11-13,15,17,22-23H2,1-4,6-10H3. The lowest BCUT2D eigenvalue weighted by atomic mass is 9.84. The van der Waals surface area contributed by atoms with Gasteiger partial charge in [0.25, 0.3) is 0 Å². The molecule has 0 aliphatic heterocycles. The minimum atomic E-state index is -1.12. The van der Waals surface area contributed by atoms with Gasteiger partial charge < -0.3 is 4.90 Å². The number of aryl methyl sites for hydroxylation is 3. The van der Waals surface area contributed by atoms with Crippen LogP contribution in [0.1, 0.15) is 99.2 Å². The van der Waals surface area contributed by atoms with E-state index in [1.54, 1.807) is 0 Å². The van der Waals surface area contributed by atoms with Crippen molar-refractivity contribution in [3.05, 3.63) is 105 Å². The molecule has 2 atom stereocenters. The van der Waals surface area contributed by atoms with Crippen molar-refractivity contribution >= 4 is 17.6 Å². The lowest BCUT2D eigenvalue weighted by molar-refractivity contribution is 0.364. The fraction of sp³-hybridized carbons (Fsp3) is 0.487. The van der Waals surface area contributed by atoms with Gasteiger partial charge >= 0.3 is 0 Å². The Bertz CT molecular complexity index is 1510. The van der Waals surface area contributed by atoms with Gasteiger partial charge in [0, 0.05) is 30.5 Å². The summed E-state index contributed by atoms with van der Waals surface area (Å²) < 4.78 is 47.7. The fourth-order valence-electron chi connectivity index (χ4n) is 6.18. The topological polar surface area (TPSA) is 6.48 Å². The third kappa shape index (κ3) is 8.18. The Morgan fingerprint density at radius 2 is 1.56 bits per heavy atom. The van der Waals surface area contributed by atoms with Crippen LogP contribution < -0.4 is 4.90 Å². The molecule has 1 fully saturated rings. The van der Waals surface area contributed by atoms with E-state index in [-0.39, 0.29) is 27.5 Å². The zero-order valence-electron chi connectivity index (χ0n) is 28.7. The van der Waals surface area contributed by atoms with Gasteiger partial charge in [-0.15, -0.1) is 0 Å². The van der Waals surface area contributed by atoms with Gasteiger partial charge in [-0.2, -0.15) is 0 Å². The minimum absolute atomic E-state index is 0.00296. The van der Waals surface area contributed by atoms with E-state index in [4.69, 9.17) is 0 Å². The van der Waals surface area contributed by atoms with Crippen molar-refractivity contribution in [2.45, 2.75) is 117 Å². The zero-order chi connectivity index (χ0) is 33.2. The summed E-state index contributed by atoms with van der Waals surface area (Å²) in [5.41, 5.74) is 8.24. The average Bonchev–Trinajstić information content (AvgIpc) is 3.42. The van der Waals surface area contributed by atoms with E-state index in [1.165, 1.54) is 41.7 Å². The molecular formula is C39H51F3N2S. The molecule has 1 saturated carbocycles. The quantitative estimate of drug-likeness (QED) is 0.153. The maximum absolute atomic E-state index is 15.5. The van der Waals surface area contributed by atoms with E-state index in [0.29, 0.717) is 19.0 Å². The Hall–Kier alpha value is -2.70. The smallest absolute Gasteiger partial charge is 0.176 e. The third-order valence-corrected chi connectivity index (χ3v) is 10.6. The number of benzene rings is 3. The summed E-state index contributed by atoms with van der Waals surface area (Å²) in [7, 11) is 0. The first-order valence-corrected chi connectivity index (χ1v) is 17.1. The zero-order valence-corrected chi connectivity index (χ0v) is 29.5. The molecular weight excluding hydrogens is 586 g/mol. The number of hydrogen-bond acceptors (Lipinski definition) is 3. The van der Waals surface area contributed by atoms with E-state index < -0.39 is 17.5 Å². The molecule has 244 valence electrons.